The molecule has 0 fully saturated rings. The molecule has 0 saturated carbocycles. The first kappa shape index (κ1) is 19.0. The number of likely N-dealkylation sites (N-methyl/N-ethyl adjacent to an activating group) is 1. The number of benzene rings is 1. The number of rotatable bonds is 6. The van der Waals surface area contributed by atoms with Gasteiger partial charge >= 0.3 is 0 Å². The smallest absolute Gasteiger partial charge is 0.191 e. The standard InChI is InChI=1S/C15H26N4.HI/c1-5-19(6-2)15(16)17-12-13(3)18(4)14-10-8-7-9-11-14;/h7-11,13H,5-6,12H2,1-4H3,(H2,16,17);1H. The number of guanidine groups is 1. The summed E-state index contributed by atoms with van der Waals surface area (Å²) in [4.78, 5) is 8.78. The van der Waals surface area contributed by atoms with Gasteiger partial charge < -0.3 is 15.5 Å². The summed E-state index contributed by atoms with van der Waals surface area (Å²) in [6.45, 7) is 8.83. The Morgan fingerprint density at radius 1 is 1.20 bits per heavy atom. The maximum Gasteiger partial charge on any atom is 0.191 e. The number of nitrogens with zero attached hydrogens (tertiary/aromatic N) is 3. The number of anilines is 1. The van der Waals surface area contributed by atoms with Gasteiger partial charge in [-0.1, -0.05) is 18.2 Å². The van der Waals surface area contributed by atoms with E-state index in [0.29, 0.717) is 18.5 Å². The molecule has 4 nitrogen and oxygen atoms in total. The zero-order valence-electron chi connectivity index (χ0n) is 12.9. The molecular weight excluding hydrogens is 363 g/mol. The van der Waals surface area contributed by atoms with Gasteiger partial charge in [-0.15, -0.1) is 24.0 Å². The Morgan fingerprint density at radius 2 is 1.75 bits per heavy atom. The van der Waals surface area contributed by atoms with E-state index < -0.39 is 0 Å². The molecule has 0 aliphatic carbocycles. The molecule has 0 aliphatic heterocycles. The fourth-order valence-electron chi connectivity index (χ4n) is 1.91. The Labute approximate surface area is 140 Å². The molecule has 1 unspecified atom stereocenters. The van der Waals surface area contributed by atoms with Crippen molar-refractivity contribution in [2.24, 2.45) is 10.7 Å². The molecule has 0 amide bonds. The molecule has 20 heavy (non-hydrogen) atoms. The first-order valence-electron chi connectivity index (χ1n) is 6.92. The molecule has 0 spiro atoms. The van der Waals surface area contributed by atoms with Crippen molar-refractivity contribution in [3.8, 4) is 0 Å². The molecule has 1 atom stereocenters. The van der Waals surface area contributed by atoms with Gasteiger partial charge in [0, 0.05) is 31.9 Å². The number of halogens is 1. The second kappa shape index (κ2) is 9.85. The fraction of sp³-hybridized carbons (Fsp3) is 0.533. The highest BCUT2D eigenvalue weighted by Gasteiger charge is 2.10. The van der Waals surface area contributed by atoms with Gasteiger partial charge in [0.25, 0.3) is 0 Å². The molecule has 0 aromatic heterocycles. The monoisotopic (exact) mass is 390 g/mol. The minimum Gasteiger partial charge on any atom is -0.370 e. The summed E-state index contributed by atoms with van der Waals surface area (Å²) in [7, 11) is 2.09. The largest absolute Gasteiger partial charge is 0.370 e. The van der Waals surface area contributed by atoms with Crippen LogP contribution in [0.25, 0.3) is 0 Å². The summed E-state index contributed by atoms with van der Waals surface area (Å²) >= 11 is 0. The van der Waals surface area contributed by atoms with E-state index in [9.17, 15) is 0 Å². The summed E-state index contributed by atoms with van der Waals surface area (Å²) in [6, 6.07) is 10.6. The number of nitrogens with two attached hydrogens (primary N) is 1. The topological polar surface area (TPSA) is 44.9 Å². The third-order valence-corrected chi connectivity index (χ3v) is 3.43. The van der Waals surface area contributed by atoms with Crippen molar-refractivity contribution in [1.29, 1.82) is 0 Å². The van der Waals surface area contributed by atoms with Gasteiger partial charge in [0.15, 0.2) is 5.96 Å². The van der Waals surface area contributed by atoms with Crippen molar-refractivity contribution in [3.63, 3.8) is 0 Å². The Kier molecular flexibility index (Phi) is 9.37. The highest BCUT2D eigenvalue weighted by atomic mass is 127. The quantitative estimate of drug-likeness (QED) is 0.462. The van der Waals surface area contributed by atoms with Crippen LogP contribution in [0.2, 0.25) is 0 Å². The minimum absolute atomic E-state index is 0. The van der Waals surface area contributed by atoms with E-state index in [1.54, 1.807) is 0 Å². The summed E-state index contributed by atoms with van der Waals surface area (Å²) in [6.07, 6.45) is 0. The normalized spacial score (nSPS) is 12.5. The Morgan fingerprint density at radius 3 is 2.25 bits per heavy atom. The Bertz CT molecular complexity index is 390. The predicted octanol–water partition coefficient (Wildman–Crippen LogP) is 2.79. The average molecular weight is 390 g/mol. The number of hydrogen-bond acceptors (Lipinski definition) is 2. The van der Waals surface area contributed by atoms with Crippen molar-refractivity contribution in [3.05, 3.63) is 30.3 Å². The molecular formula is C15H27IN4. The van der Waals surface area contributed by atoms with E-state index in [-0.39, 0.29) is 24.0 Å². The number of para-hydroxylation sites is 1. The van der Waals surface area contributed by atoms with Crippen molar-refractivity contribution in [2.75, 3.05) is 31.6 Å². The third kappa shape index (κ3) is 5.56. The van der Waals surface area contributed by atoms with Gasteiger partial charge in [-0.25, -0.2) is 0 Å². The molecule has 1 aromatic carbocycles. The lowest BCUT2D eigenvalue weighted by Gasteiger charge is -2.26. The van der Waals surface area contributed by atoms with Crippen LogP contribution in [0.4, 0.5) is 5.69 Å². The third-order valence-electron chi connectivity index (χ3n) is 3.43. The van der Waals surface area contributed by atoms with Crippen LogP contribution < -0.4 is 10.6 Å². The van der Waals surface area contributed by atoms with Crippen LogP contribution in [-0.4, -0.2) is 43.6 Å². The summed E-state index contributed by atoms with van der Waals surface area (Å²) in [5.41, 5.74) is 7.18. The van der Waals surface area contributed by atoms with Crippen molar-refractivity contribution >= 4 is 35.6 Å². The maximum atomic E-state index is 5.98. The molecule has 1 rings (SSSR count). The zero-order chi connectivity index (χ0) is 14.3. The van der Waals surface area contributed by atoms with Crippen LogP contribution in [0.15, 0.2) is 35.3 Å². The molecule has 114 valence electrons. The minimum atomic E-state index is 0. The lowest BCUT2D eigenvalue weighted by molar-refractivity contribution is 0.457. The summed E-state index contributed by atoms with van der Waals surface area (Å²) < 4.78 is 0. The van der Waals surface area contributed by atoms with E-state index in [0.717, 1.165) is 13.1 Å². The van der Waals surface area contributed by atoms with Crippen LogP contribution in [0.1, 0.15) is 20.8 Å². The van der Waals surface area contributed by atoms with E-state index in [1.807, 2.05) is 18.2 Å². The van der Waals surface area contributed by atoms with Crippen LogP contribution in [0, 0.1) is 0 Å². The molecule has 0 radical (unpaired) electrons. The predicted molar refractivity (Wildman–Crippen MR) is 99.1 cm³/mol. The Balaban J connectivity index is 0.00000361. The van der Waals surface area contributed by atoms with E-state index in [4.69, 9.17) is 5.73 Å². The van der Waals surface area contributed by atoms with Crippen LogP contribution >= 0.6 is 24.0 Å². The van der Waals surface area contributed by atoms with Crippen molar-refractivity contribution in [2.45, 2.75) is 26.8 Å². The van der Waals surface area contributed by atoms with E-state index in [1.165, 1.54) is 5.69 Å². The lowest BCUT2D eigenvalue weighted by atomic mass is 10.2. The molecule has 0 aliphatic rings. The second-order valence-corrected chi connectivity index (χ2v) is 4.67. The Hall–Kier alpha value is -0.980. The van der Waals surface area contributed by atoms with E-state index >= 15 is 0 Å². The molecule has 1 aromatic rings. The molecule has 0 saturated heterocycles. The molecule has 0 heterocycles. The molecule has 5 heteroatoms. The van der Waals surface area contributed by atoms with Crippen LogP contribution in [0.5, 0.6) is 0 Å². The van der Waals surface area contributed by atoms with Gasteiger partial charge in [-0.2, -0.15) is 0 Å². The zero-order valence-corrected chi connectivity index (χ0v) is 15.2. The lowest BCUT2D eigenvalue weighted by Crippen LogP contribution is -2.39. The summed E-state index contributed by atoms with van der Waals surface area (Å²) in [5.74, 6) is 0.637. The van der Waals surface area contributed by atoms with Gasteiger partial charge in [0.1, 0.15) is 0 Å². The maximum absolute atomic E-state index is 5.98. The highest BCUT2D eigenvalue weighted by Crippen LogP contribution is 2.14. The SMILES string of the molecule is CCN(CC)C(N)=NCC(C)N(C)c1ccccc1.I. The second-order valence-electron chi connectivity index (χ2n) is 4.67. The van der Waals surface area contributed by atoms with E-state index in [2.05, 4.69) is 54.7 Å². The number of hydrogen-bond donors (Lipinski definition) is 1. The van der Waals surface area contributed by atoms with Gasteiger partial charge in [-0.05, 0) is 32.9 Å². The van der Waals surface area contributed by atoms with Gasteiger partial charge in [-0.3, -0.25) is 4.99 Å². The van der Waals surface area contributed by atoms with Crippen LogP contribution in [-0.2, 0) is 0 Å². The fourth-order valence-corrected chi connectivity index (χ4v) is 1.91. The highest BCUT2D eigenvalue weighted by molar-refractivity contribution is 14.0. The first-order chi connectivity index (χ1) is 9.10. The number of aliphatic imine (C=N–C) groups is 1. The molecule has 2 N–H and O–H groups in total. The molecule has 0 bridgehead atoms. The average Bonchev–Trinajstić information content (AvgIpc) is 2.46. The summed E-state index contributed by atoms with van der Waals surface area (Å²) in [5, 5.41) is 0. The van der Waals surface area contributed by atoms with Crippen molar-refractivity contribution in [1.82, 2.24) is 4.90 Å². The van der Waals surface area contributed by atoms with Crippen LogP contribution in [0.3, 0.4) is 0 Å². The van der Waals surface area contributed by atoms with Gasteiger partial charge in [0.2, 0.25) is 0 Å². The van der Waals surface area contributed by atoms with Gasteiger partial charge in [0.05, 0.1) is 6.54 Å². The van der Waals surface area contributed by atoms with Crippen molar-refractivity contribution < 1.29 is 0 Å². The first-order valence-corrected chi connectivity index (χ1v) is 6.92.